The van der Waals surface area contributed by atoms with Gasteiger partial charge in [-0.3, -0.25) is 0 Å². The van der Waals surface area contributed by atoms with Crippen molar-refractivity contribution < 1.29 is 0 Å². The van der Waals surface area contributed by atoms with E-state index in [2.05, 4.69) is 82.3 Å². The lowest BCUT2D eigenvalue weighted by molar-refractivity contribution is 0.909. The average Bonchev–Trinajstić information content (AvgIpc) is 3.22. The second kappa shape index (κ2) is 8.53. The molecule has 138 valence electrons. The van der Waals surface area contributed by atoms with Gasteiger partial charge < -0.3 is 0 Å². The van der Waals surface area contributed by atoms with E-state index in [9.17, 15) is 0 Å². The van der Waals surface area contributed by atoms with E-state index in [1.807, 2.05) is 0 Å². The molecule has 4 rings (SSSR count). The van der Waals surface area contributed by atoms with Crippen molar-refractivity contribution in [3.63, 3.8) is 0 Å². The van der Waals surface area contributed by atoms with E-state index < -0.39 is 0 Å². The molecule has 3 unspecified atom stereocenters. The lowest BCUT2D eigenvalue weighted by Crippen LogP contribution is -1.94. The van der Waals surface area contributed by atoms with Crippen LogP contribution in [-0.2, 0) is 31.3 Å². The molecule has 0 spiro atoms. The van der Waals surface area contributed by atoms with Crippen LogP contribution < -0.4 is 0 Å². The second-order valence-corrected chi connectivity index (χ2v) is 8.54. The summed E-state index contributed by atoms with van der Waals surface area (Å²) < 4.78 is 0. The predicted molar refractivity (Wildman–Crippen MR) is 130 cm³/mol. The molecule has 0 N–H and O–H groups in total. The van der Waals surface area contributed by atoms with Crippen molar-refractivity contribution in [3.05, 3.63) is 82.4 Å². The van der Waals surface area contributed by atoms with Gasteiger partial charge in [-0.05, 0) is 87.8 Å². The third-order valence-corrected chi connectivity index (χ3v) is 7.04. The van der Waals surface area contributed by atoms with Crippen molar-refractivity contribution in [2.24, 2.45) is 0 Å². The molecule has 0 amide bonds. The molecule has 0 bridgehead atoms. The van der Waals surface area contributed by atoms with Crippen molar-refractivity contribution in [1.29, 1.82) is 0 Å². The summed E-state index contributed by atoms with van der Waals surface area (Å²) in [5.41, 5.74) is 12.9. The molecule has 1 aliphatic carbocycles. The van der Waals surface area contributed by atoms with Crippen LogP contribution in [-0.4, -0.2) is 0 Å². The van der Waals surface area contributed by atoms with Crippen molar-refractivity contribution in [2.75, 3.05) is 0 Å². The van der Waals surface area contributed by atoms with Gasteiger partial charge in [-0.2, -0.15) is 0 Å². The first kappa shape index (κ1) is 19.3. The number of hydrogen-bond acceptors (Lipinski definition) is 0. The zero-order valence-electron chi connectivity index (χ0n) is 15.7. The van der Waals surface area contributed by atoms with Crippen molar-refractivity contribution in [3.8, 4) is 22.3 Å². The molecule has 3 atom stereocenters. The van der Waals surface area contributed by atoms with Gasteiger partial charge in [0.25, 0.3) is 0 Å². The SMILES string of the molecule is PCc1cc(CP)cc(-c2ccc(-c3ccc(CP)c4c3CCC4)cc2)c1. The lowest BCUT2D eigenvalue weighted by Gasteiger charge is -2.13. The number of benzene rings is 3. The van der Waals surface area contributed by atoms with E-state index in [-0.39, 0.29) is 0 Å². The number of hydrogen-bond donors (Lipinski definition) is 0. The molecule has 0 aliphatic heterocycles. The third kappa shape index (κ3) is 3.91. The molecule has 3 aromatic rings. The third-order valence-electron chi connectivity index (χ3n) is 5.65. The van der Waals surface area contributed by atoms with E-state index >= 15 is 0 Å². The molecular weight excluding hydrogens is 381 g/mol. The Morgan fingerprint density at radius 1 is 0.593 bits per heavy atom. The average molecular weight is 408 g/mol. The van der Waals surface area contributed by atoms with E-state index in [0.29, 0.717) is 0 Å². The normalized spacial score (nSPS) is 13.0. The molecule has 0 saturated carbocycles. The minimum Gasteiger partial charge on any atom is -0.133 e. The summed E-state index contributed by atoms with van der Waals surface area (Å²) in [6.07, 6.45) is 6.81. The molecule has 0 saturated heterocycles. The smallest absolute Gasteiger partial charge is 0.0126 e. The first-order chi connectivity index (χ1) is 13.2. The van der Waals surface area contributed by atoms with E-state index in [1.54, 1.807) is 11.1 Å². The monoisotopic (exact) mass is 408 g/mol. The van der Waals surface area contributed by atoms with Crippen molar-refractivity contribution in [2.45, 2.75) is 37.7 Å². The Morgan fingerprint density at radius 2 is 1.22 bits per heavy atom. The molecular formula is C24H27P3. The van der Waals surface area contributed by atoms with Gasteiger partial charge >= 0.3 is 0 Å². The summed E-state index contributed by atoms with van der Waals surface area (Å²) in [6, 6.07) is 20.8. The van der Waals surface area contributed by atoms with Crippen LogP contribution in [0.4, 0.5) is 0 Å². The van der Waals surface area contributed by atoms with Crippen LogP contribution in [0.1, 0.15) is 34.2 Å². The fraction of sp³-hybridized carbons (Fsp3) is 0.250. The zero-order valence-corrected chi connectivity index (χ0v) is 19.1. The van der Waals surface area contributed by atoms with Crippen LogP contribution in [0.15, 0.2) is 54.6 Å². The largest absolute Gasteiger partial charge is 0.133 e. The van der Waals surface area contributed by atoms with E-state index in [0.717, 1.165) is 18.5 Å². The molecule has 1 aliphatic rings. The Balaban J connectivity index is 1.71. The van der Waals surface area contributed by atoms with Crippen LogP contribution in [0.2, 0.25) is 0 Å². The van der Waals surface area contributed by atoms with Gasteiger partial charge in [-0.1, -0.05) is 54.6 Å². The highest BCUT2D eigenvalue weighted by Gasteiger charge is 2.18. The van der Waals surface area contributed by atoms with Crippen LogP contribution in [0.3, 0.4) is 0 Å². The Morgan fingerprint density at radius 3 is 1.85 bits per heavy atom. The first-order valence-electron chi connectivity index (χ1n) is 9.71. The quantitative estimate of drug-likeness (QED) is 0.416. The van der Waals surface area contributed by atoms with Crippen molar-refractivity contribution in [1.82, 2.24) is 0 Å². The Hall–Kier alpha value is -1.05. The zero-order chi connectivity index (χ0) is 18.8. The molecule has 0 radical (unpaired) electrons. The summed E-state index contributed by atoms with van der Waals surface area (Å²) in [4.78, 5) is 0. The summed E-state index contributed by atoms with van der Waals surface area (Å²) in [7, 11) is 8.56. The Bertz CT molecular complexity index is 936. The van der Waals surface area contributed by atoms with E-state index in [1.165, 1.54) is 58.2 Å². The number of rotatable bonds is 5. The summed E-state index contributed by atoms with van der Waals surface area (Å²) in [5, 5.41) is 0. The highest BCUT2D eigenvalue weighted by atomic mass is 31.0. The topological polar surface area (TPSA) is 0 Å². The maximum Gasteiger partial charge on any atom is -0.0126 e. The summed E-state index contributed by atoms with van der Waals surface area (Å²) in [5.74, 6) is 0. The van der Waals surface area contributed by atoms with Crippen LogP contribution in [0, 0.1) is 0 Å². The van der Waals surface area contributed by atoms with Gasteiger partial charge in [0.05, 0.1) is 0 Å². The Kier molecular flexibility index (Phi) is 6.09. The van der Waals surface area contributed by atoms with Crippen LogP contribution >= 0.6 is 27.7 Å². The van der Waals surface area contributed by atoms with Gasteiger partial charge in [0.1, 0.15) is 0 Å². The molecule has 3 aromatic carbocycles. The van der Waals surface area contributed by atoms with Gasteiger partial charge in [0.2, 0.25) is 0 Å². The van der Waals surface area contributed by atoms with Crippen molar-refractivity contribution >= 4 is 27.7 Å². The first-order valence-corrected chi connectivity index (χ1v) is 12.2. The maximum atomic E-state index is 2.88. The molecule has 0 fully saturated rings. The molecule has 0 aromatic heterocycles. The standard InChI is InChI=1S/C24H27P3/c25-13-16-10-17(14-26)12-21(11-16)18-4-6-19(7-5-18)23-9-8-20(15-27)22-2-1-3-24(22)23/h4-12H,1-3,13-15,25-27H2. The second-order valence-electron chi connectivity index (χ2n) is 7.31. The predicted octanol–water partition coefficient (Wildman–Crippen LogP) is 6.63. The minimum absolute atomic E-state index is 0.998. The van der Waals surface area contributed by atoms with Gasteiger partial charge in [0.15, 0.2) is 0 Å². The van der Waals surface area contributed by atoms with Crippen LogP contribution in [0.25, 0.3) is 22.3 Å². The van der Waals surface area contributed by atoms with Gasteiger partial charge in [-0.25, -0.2) is 0 Å². The summed E-state index contributed by atoms with van der Waals surface area (Å²) >= 11 is 0. The highest BCUT2D eigenvalue weighted by molar-refractivity contribution is 7.15. The fourth-order valence-corrected chi connectivity index (χ4v) is 5.10. The fourth-order valence-electron chi connectivity index (χ4n) is 4.25. The molecule has 0 nitrogen and oxygen atoms in total. The molecule has 3 heteroatoms. The highest BCUT2D eigenvalue weighted by Crippen LogP contribution is 2.36. The number of fused-ring (bicyclic) bond motifs is 1. The summed E-state index contributed by atoms with van der Waals surface area (Å²) in [6.45, 7) is 0. The van der Waals surface area contributed by atoms with E-state index in [4.69, 9.17) is 0 Å². The van der Waals surface area contributed by atoms with Gasteiger partial charge in [-0.15, -0.1) is 27.7 Å². The minimum atomic E-state index is 0.998. The molecule has 0 heterocycles. The van der Waals surface area contributed by atoms with Crippen LogP contribution in [0.5, 0.6) is 0 Å². The molecule has 27 heavy (non-hydrogen) atoms. The van der Waals surface area contributed by atoms with Gasteiger partial charge in [0, 0.05) is 0 Å². The Labute approximate surface area is 170 Å². The maximum absolute atomic E-state index is 2.88. The lowest BCUT2D eigenvalue weighted by atomic mass is 9.92.